The topological polar surface area (TPSA) is 87.7 Å². The van der Waals surface area contributed by atoms with E-state index >= 15 is 0 Å². The lowest BCUT2D eigenvalue weighted by Crippen LogP contribution is -2.19. The van der Waals surface area contributed by atoms with Crippen molar-refractivity contribution in [2.45, 2.75) is 19.9 Å². The third-order valence-electron chi connectivity index (χ3n) is 4.05. The van der Waals surface area contributed by atoms with E-state index in [2.05, 4.69) is 20.1 Å². The normalized spacial score (nSPS) is 12.6. The van der Waals surface area contributed by atoms with Gasteiger partial charge in [0.25, 0.3) is 0 Å². The molecule has 132 valence electrons. The van der Waals surface area contributed by atoms with Gasteiger partial charge in [-0.05, 0) is 31.5 Å². The molecule has 0 radical (unpaired) electrons. The van der Waals surface area contributed by atoms with Crippen LogP contribution in [0.4, 0.5) is 0 Å². The standard InChI is InChI=1S/C17H15ClN6O2/c1-3-26-16(25)10(2)23-9-19-13-14(23)20-17(18)21-15(13)24-8-11-6-4-5-7-12(11)22-24/h4-10H,3H2,1-2H3. The average molecular weight is 371 g/mol. The fourth-order valence-electron chi connectivity index (χ4n) is 2.77. The molecule has 0 N–H and O–H groups in total. The highest BCUT2D eigenvalue weighted by atomic mass is 35.5. The number of aromatic nitrogens is 6. The van der Waals surface area contributed by atoms with Gasteiger partial charge in [0.15, 0.2) is 17.0 Å². The highest BCUT2D eigenvalue weighted by molar-refractivity contribution is 6.28. The minimum absolute atomic E-state index is 0.0462. The van der Waals surface area contributed by atoms with Gasteiger partial charge in [-0.25, -0.2) is 14.5 Å². The summed E-state index contributed by atoms with van der Waals surface area (Å²) in [4.78, 5) is 25.0. The van der Waals surface area contributed by atoms with Crippen LogP contribution >= 0.6 is 11.6 Å². The lowest BCUT2D eigenvalue weighted by atomic mass is 10.3. The lowest BCUT2D eigenvalue weighted by Gasteiger charge is -2.12. The van der Waals surface area contributed by atoms with Crippen molar-refractivity contribution in [1.82, 2.24) is 29.3 Å². The van der Waals surface area contributed by atoms with Gasteiger partial charge < -0.3 is 9.30 Å². The molecule has 0 saturated carbocycles. The van der Waals surface area contributed by atoms with Crippen molar-refractivity contribution < 1.29 is 9.53 Å². The molecule has 3 aromatic heterocycles. The molecule has 26 heavy (non-hydrogen) atoms. The Morgan fingerprint density at radius 3 is 2.88 bits per heavy atom. The molecule has 0 aliphatic rings. The van der Waals surface area contributed by atoms with Crippen LogP contribution in [0.5, 0.6) is 0 Å². The smallest absolute Gasteiger partial charge is 0.328 e. The summed E-state index contributed by atoms with van der Waals surface area (Å²) in [5.74, 6) is 0.0823. The van der Waals surface area contributed by atoms with Crippen LogP contribution in [0.15, 0.2) is 36.8 Å². The van der Waals surface area contributed by atoms with Crippen molar-refractivity contribution in [3.8, 4) is 5.82 Å². The third kappa shape index (κ3) is 2.68. The molecular formula is C17H15ClN6O2. The number of imidazole rings is 1. The Hall–Kier alpha value is -3.00. The minimum Gasteiger partial charge on any atom is -0.464 e. The number of benzene rings is 1. The van der Waals surface area contributed by atoms with Crippen LogP contribution in [0, 0.1) is 0 Å². The van der Waals surface area contributed by atoms with E-state index in [1.165, 1.54) is 6.33 Å². The summed E-state index contributed by atoms with van der Waals surface area (Å²) in [7, 11) is 0. The highest BCUT2D eigenvalue weighted by Crippen LogP contribution is 2.24. The van der Waals surface area contributed by atoms with Crippen molar-refractivity contribution in [3.05, 3.63) is 42.1 Å². The minimum atomic E-state index is -0.588. The highest BCUT2D eigenvalue weighted by Gasteiger charge is 2.22. The van der Waals surface area contributed by atoms with Crippen molar-refractivity contribution in [1.29, 1.82) is 0 Å². The maximum absolute atomic E-state index is 12.1. The van der Waals surface area contributed by atoms with E-state index in [1.54, 1.807) is 23.1 Å². The predicted molar refractivity (Wildman–Crippen MR) is 96.3 cm³/mol. The number of carbonyl (C=O) groups excluding carboxylic acids is 1. The van der Waals surface area contributed by atoms with Crippen LogP contribution in [0.25, 0.3) is 27.9 Å². The number of ether oxygens (including phenoxy) is 1. The first kappa shape index (κ1) is 16.5. The van der Waals surface area contributed by atoms with Crippen LogP contribution in [0.3, 0.4) is 0 Å². The number of halogens is 1. The van der Waals surface area contributed by atoms with E-state index in [9.17, 15) is 4.79 Å². The number of fused-ring (bicyclic) bond motifs is 2. The molecule has 0 saturated heterocycles. The maximum atomic E-state index is 12.1. The van der Waals surface area contributed by atoms with Gasteiger partial charge in [-0.3, -0.25) is 0 Å². The summed E-state index contributed by atoms with van der Waals surface area (Å²) >= 11 is 6.13. The van der Waals surface area contributed by atoms with Crippen molar-refractivity contribution >= 4 is 39.6 Å². The largest absolute Gasteiger partial charge is 0.464 e. The number of nitrogens with zero attached hydrogens (tertiary/aromatic N) is 6. The number of hydrogen-bond acceptors (Lipinski definition) is 6. The van der Waals surface area contributed by atoms with E-state index < -0.39 is 6.04 Å². The van der Waals surface area contributed by atoms with E-state index in [1.807, 2.05) is 30.5 Å². The number of hydrogen-bond donors (Lipinski definition) is 0. The van der Waals surface area contributed by atoms with E-state index in [4.69, 9.17) is 16.3 Å². The van der Waals surface area contributed by atoms with Crippen LogP contribution in [-0.4, -0.2) is 41.9 Å². The third-order valence-corrected chi connectivity index (χ3v) is 4.22. The van der Waals surface area contributed by atoms with Gasteiger partial charge in [0.1, 0.15) is 6.04 Å². The van der Waals surface area contributed by atoms with Crippen molar-refractivity contribution in [3.63, 3.8) is 0 Å². The summed E-state index contributed by atoms with van der Waals surface area (Å²) in [5, 5.41) is 5.53. The molecular weight excluding hydrogens is 356 g/mol. The first-order valence-electron chi connectivity index (χ1n) is 8.10. The van der Waals surface area contributed by atoms with E-state index in [0.717, 1.165) is 10.9 Å². The van der Waals surface area contributed by atoms with Crippen LogP contribution in [0.1, 0.15) is 19.9 Å². The predicted octanol–water partition coefficient (Wildman–Crippen LogP) is 2.94. The molecule has 0 aliphatic heterocycles. The molecule has 3 heterocycles. The lowest BCUT2D eigenvalue weighted by molar-refractivity contribution is -0.146. The molecule has 4 rings (SSSR count). The van der Waals surface area contributed by atoms with Crippen LogP contribution < -0.4 is 0 Å². The molecule has 0 aliphatic carbocycles. The van der Waals surface area contributed by atoms with E-state index in [-0.39, 0.29) is 11.3 Å². The summed E-state index contributed by atoms with van der Waals surface area (Å²) in [5.41, 5.74) is 1.77. The monoisotopic (exact) mass is 370 g/mol. The molecule has 0 bridgehead atoms. The average Bonchev–Trinajstić information content (AvgIpc) is 3.24. The zero-order valence-electron chi connectivity index (χ0n) is 14.1. The van der Waals surface area contributed by atoms with Crippen molar-refractivity contribution in [2.75, 3.05) is 6.61 Å². The first-order chi connectivity index (χ1) is 12.6. The Bertz CT molecular complexity index is 1090. The molecule has 1 atom stereocenters. The van der Waals surface area contributed by atoms with E-state index in [0.29, 0.717) is 23.6 Å². The molecule has 9 heteroatoms. The Kier molecular flexibility index (Phi) is 4.04. The maximum Gasteiger partial charge on any atom is 0.328 e. The molecule has 0 amide bonds. The second kappa shape index (κ2) is 6.38. The number of esters is 1. The van der Waals surface area contributed by atoms with Gasteiger partial charge in [-0.1, -0.05) is 18.2 Å². The van der Waals surface area contributed by atoms with Gasteiger partial charge in [0, 0.05) is 11.6 Å². The van der Waals surface area contributed by atoms with Crippen LogP contribution in [-0.2, 0) is 9.53 Å². The van der Waals surface area contributed by atoms with Gasteiger partial charge in [-0.15, -0.1) is 0 Å². The van der Waals surface area contributed by atoms with Gasteiger partial charge in [-0.2, -0.15) is 15.1 Å². The molecule has 1 aromatic carbocycles. The van der Waals surface area contributed by atoms with Gasteiger partial charge >= 0.3 is 5.97 Å². The summed E-state index contributed by atoms with van der Waals surface area (Å²) in [6.45, 7) is 3.78. The summed E-state index contributed by atoms with van der Waals surface area (Å²) < 4.78 is 8.32. The van der Waals surface area contributed by atoms with Crippen LogP contribution in [0.2, 0.25) is 5.28 Å². The van der Waals surface area contributed by atoms with Gasteiger partial charge in [0.2, 0.25) is 5.28 Å². The number of carbonyl (C=O) groups is 1. The SMILES string of the molecule is CCOC(=O)C(C)n1cnc2c(-n3cc4ccccc4n3)nc(Cl)nc21. The Balaban J connectivity index is 1.87. The summed E-state index contributed by atoms with van der Waals surface area (Å²) in [6, 6.07) is 7.13. The molecule has 0 fully saturated rings. The molecule has 0 spiro atoms. The fourth-order valence-corrected chi connectivity index (χ4v) is 2.93. The van der Waals surface area contributed by atoms with Gasteiger partial charge in [0.05, 0.1) is 18.5 Å². The van der Waals surface area contributed by atoms with Crippen molar-refractivity contribution in [2.24, 2.45) is 0 Å². The number of rotatable bonds is 4. The Morgan fingerprint density at radius 1 is 1.31 bits per heavy atom. The molecule has 4 aromatic rings. The summed E-state index contributed by atoms with van der Waals surface area (Å²) in [6.07, 6.45) is 3.38. The molecule has 1 unspecified atom stereocenters. The second-order valence-corrected chi connectivity index (χ2v) is 6.04. The Labute approximate surface area is 153 Å². The fraction of sp³-hybridized carbons (Fsp3) is 0.235. The Morgan fingerprint density at radius 2 is 2.12 bits per heavy atom. The second-order valence-electron chi connectivity index (χ2n) is 5.70. The zero-order chi connectivity index (χ0) is 18.3. The first-order valence-corrected chi connectivity index (χ1v) is 8.47. The zero-order valence-corrected chi connectivity index (χ0v) is 14.9. The molecule has 8 nitrogen and oxygen atoms in total. The quantitative estimate of drug-likeness (QED) is 0.405.